The summed E-state index contributed by atoms with van der Waals surface area (Å²) >= 11 is 0. The lowest BCUT2D eigenvalue weighted by molar-refractivity contribution is 0.0618. The molecule has 4 heterocycles. The molecule has 0 saturated carbocycles. The average molecular weight is 300 g/mol. The Balaban J connectivity index is 1.53. The van der Waals surface area contributed by atoms with E-state index in [9.17, 15) is 4.79 Å². The number of benzene rings is 1. The van der Waals surface area contributed by atoms with Gasteiger partial charge < -0.3 is 15.0 Å². The number of amides is 1. The molecular weight excluding hydrogens is 276 g/mol. The summed E-state index contributed by atoms with van der Waals surface area (Å²) < 4.78 is 5.88. The van der Waals surface area contributed by atoms with Gasteiger partial charge in [0.1, 0.15) is 5.75 Å². The van der Waals surface area contributed by atoms with Gasteiger partial charge in [0.05, 0.1) is 12.2 Å². The number of carbonyl (C=O) groups excluding carboxylic acids is 1. The first-order valence-electron chi connectivity index (χ1n) is 8.59. The quantitative estimate of drug-likeness (QED) is 0.910. The first-order valence-corrected chi connectivity index (χ1v) is 8.59. The number of carbonyl (C=O) groups is 1. The van der Waals surface area contributed by atoms with Gasteiger partial charge in [0.15, 0.2) is 0 Å². The van der Waals surface area contributed by atoms with Crippen LogP contribution in [0.15, 0.2) is 18.2 Å². The third kappa shape index (κ3) is 2.60. The summed E-state index contributed by atoms with van der Waals surface area (Å²) in [6.07, 6.45) is 5.64. The van der Waals surface area contributed by atoms with Crippen molar-refractivity contribution in [1.82, 2.24) is 10.2 Å². The van der Waals surface area contributed by atoms with Gasteiger partial charge >= 0.3 is 0 Å². The fourth-order valence-electron chi connectivity index (χ4n) is 4.10. The maximum Gasteiger partial charge on any atom is 0.255 e. The highest BCUT2D eigenvalue weighted by atomic mass is 16.5. The third-order valence-electron chi connectivity index (χ3n) is 5.40. The Morgan fingerprint density at radius 3 is 2.86 bits per heavy atom. The highest BCUT2D eigenvalue weighted by Gasteiger charge is 2.35. The number of fused-ring (bicyclic) bond motifs is 4. The van der Waals surface area contributed by atoms with E-state index in [1.165, 1.54) is 31.5 Å². The van der Waals surface area contributed by atoms with Gasteiger partial charge in [-0.1, -0.05) is 12.1 Å². The minimum Gasteiger partial charge on any atom is -0.492 e. The molecule has 0 spiro atoms. The van der Waals surface area contributed by atoms with E-state index in [1.807, 2.05) is 12.1 Å². The van der Waals surface area contributed by atoms with Gasteiger partial charge in [0.25, 0.3) is 5.91 Å². The molecule has 1 aromatic carbocycles. The highest BCUT2D eigenvalue weighted by molar-refractivity contribution is 5.97. The summed E-state index contributed by atoms with van der Waals surface area (Å²) in [5.41, 5.74) is 1.90. The maximum atomic E-state index is 12.8. The van der Waals surface area contributed by atoms with Crippen LogP contribution in [0.3, 0.4) is 0 Å². The molecule has 118 valence electrons. The minimum absolute atomic E-state index is 0.0394. The molecule has 1 N–H and O–H groups in total. The smallest absolute Gasteiger partial charge is 0.255 e. The highest BCUT2D eigenvalue weighted by Crippen LogP contribution is 2.30. The van der Waals surface area contributed by atoms with Crippen LogP contribution >= 0.6 is 0 Å². The molecule has 4 nitrogen and oxygen atoms in total. The van der Waals surface area contributed by atoms with Gasteiger partial charge in [-0.25, -0.2) is 0 Å². The number of aryl methyl sites for hydroxylation is 1. The normalized spacial score (nSPS) is 30.1. The van der Waals surface area contributed by atoms with Crippen molar-refractivity contribution in [3.8, 4) is 5.75 Å². The van der Waals surface area contributed by atoms with Crippen LogP contribution in [0, 0.1) is 5.92 Å². The minimum atomic E-state index is 0.0394. The Labute approximate surface area is 131 Å². The number of nitrogens with zero attached hydrogens (tertiary/aromatic N) is 1. The monoisotopic (exact) mass is 300 g/mol. The molecule has 3 saturated heterocycles. The molecule has 1 atom stereocenters. The molecule has 22 heavy (non-hydrogen) atoms. The average Bonchev–Trinajstić information content (AvgIpc) is 2.81. The zero-order chi connectivity index (χ0) is 14.9. The summed E-state index contributed by atoms with van der Waals surface area (Å²) in [6, 6.07) is 6.28. The van der Waals surface area contributed by atoms with Crippen molar-refractivity contribution in [3.63, 3.8) is 0 Å². The summed E-state index contributed by atoms with van der Waals surface area (Å²) in [5, 5.41) is 3.28. The van der Waals surface area contributed by atoms with Crippen molar-refractivity contribution in [2.24, 2.45) is 5.92 Å². The third-order valence-corrected chi connectivity index (χ3v) is 5.40. The van der Waals surface area contributed by atoms with Crippen LogP contribution in [-0.2, 0) is 6.42 Å². The van der Waals surface area contributed by atoms with Crippen LogP contribution in [-0.4, -0.2) is 43.1 Å². The second kappa shape index (κ2) is 5.92. The van der Waals surface area contributed by atoms with Gasteiger partial charge in [0.2, 0.25) is 0 Å². The standard InChI is InChI=1S/C18H24N2O2/c21-18(19-16-12-20-9-7-13(16)8-10-20)15-6-3-5-14-4-1-2-11-22-17(14)15/h3,5-6,13,16H,1-2,4,7-12H2,(H,19,21). The number of rotatable bonds is 2. The van der Waals surface area contributed by atoms with Crippen LogP contribution in [0.4, 0.5) is 0 Å². The van der Waals surface area contributed by atoms with Crippen molar-refractivity contribution in [2.45, 2.75) is 38.1 Å². The fourth-order valence-corrected chi connectivity index (χ4v) is 4.10. The molecule has 3 fully saturated rings. The largest absolute Gasteiger partial charge is 0.492 e. The maximum absolute atomic E-state index is 12.8. The van der Waals surface area contributed by atoms with E-state index < -0.39 is 0 Å². The first-order chi connectivity index (χ1) is 10.8. The number of nitrogens with one attached hydrogen (secondary N) is 1. The number of ether oxygens (including phenoxy) is 1. The Morgan fingerprint density at radius 1 is 1.23 bits per heavy atom. The van der Waals surface area contributed by atoms with Gasteiger partial charge in [-0.05, 0) is 62.7 Å². The molecule has 1 amide bonds. The number of hydrogen-bond acceptors (Lipinski definition) is 3. The van der Waals surface area contributed by atoms with E-state index in [1.54, 1.807) is 0 Å². The van der Waals surface area contributed by atoms with Gasteiger partial charge in [0, 0.05) is 12.6 Å². The Hall–Kier alpha value is -1.55. The molecule has 4 aliphatic heterocycles. The van der Waals surface area contributed by atoms with Crippen molar-refractivity contribution in [1.29, 1.82) is 0 Å². The predicted molar refractivity (Wildman–Crippen MR) is 85.3 cm³/mol. The zero-order valence-electron chi connectivity index (χ0n) is 13.0. The summed E-state index contributed by atoms with van der Waals surface area (Å²) in [6.45, 7) is 4.12. The van der Waals surface area contributed by atoms with Crippen molar-refractivity contribution in [2.75, 3.05) is 26.2 Å². The number of piperidine rings is 3. The van der Waals surface area contributed by atoms with E-state index >= 15 is 0 Å². The van der Waals surface area contributed by atoms with Crippen molar-refractivity contribution < 1.29 is 9.53 Å². The van der Waals surface area contributed by atoms with Crippen molar-refractivity contribution >= 4 is 5.91 Å². The van der Waals surface area contributed by atoms with Crippen LogP contribution < -0.4 is 10.1 Å². The van der Waals surface area contributed by atoms with E-state index in [2.05, 4.69) is 16.3 Å². The van der Waals surface area contributed by atoms with Crippen LogP contribution in [0.2, 0.25) is 0 Å². The van der Waals surface area contributed by atoms with Gasteiger partial charge in [-0.2, -0.15) is 0 Å². The topological polar surface area (TPSA) is 41.6 Å². The van der Waals surface area contributed by atoms with E-state index in [-0.39, 0.29) is 5.91 Å². The molecule has 4 heteroatoms. The lowest BCUT2D eigenvalue weighted by Gasteiger charge is -2.44. The number of hydrogen-bond donors (Lipinski definition) is 1. The van der Waals surface area contributed by atoms with E-state index in [0.29, 0.717) is 12.0 Å². The second-order valence-electron chi connectivity index (χ2n) is 6.82. The Kier molecular flexibility index (Phi) is 3.78. The van der Waals surface area contributed by atoms with E-state index in [0.717, 1.165) is 43.7 Å². The molecule has 2 bridgehead atoms. The Morgan fingerprint density at radius 2 is 2.09 bits per heavy atom. The van der Waals surface area contributed by atoms with Crippen LogP contribution in [0.5, 0.6) is 5.75 Å². The summed E-state index contributed by atoms with van der Waals surface area (Å²) in [7, 11) is 0. The summed E-state index contributed by atoms with van der Waals surface area (Å²) in [4.78, 5) is 15.2. The zero-order valence-corrected chi connectivity index (χ0v) is 13.0. The lowest BCUT2D eigenvalue weighted by atomic mass is 9.84. The first kappa shape index (κ1) is 14.1. The molecule has 0 aliphatic carbocycles. The van der Waals surface area contributed by atoms with Crippen molar-refractivity contribution in [3.05, 3.63) is 29.3 Å². The molecular formula is C18H24N2O2. The lowest BCUT2D eigenvalue weighted by Crippen LogP contribution is -2.57. The molecule has 4 aliphatic rings. The van der Waals surface area contributed by atoms with Gasteiger partial charge in [-0.3, -0.25) is 4.79 Å². The molecule has 1 unspecified atom stereocenters. The SMILES string of the molecule is O=C(NC1CN2CCC1CC2)c1cccc2c1OCCCC2. The fraction of sp³-hybridized carbons (Fsp3) is 0.611. The van der Waals surface area contributed by atoms with Crippen LogP contribution in [0.25, 0.3) is 0 Å². The molecule has 0 aromatic heterocycles. The summed E-state index contributed by atoms with van der Waals surface area (Å²) in [5.74, 6) is 1.51. The predicted octanol–water partition coefficient (Wildman–Crippen LogP) is 2.23. The molecule has 0 radical (unpaired) electrons. The molecule has 5 rings (SSSR count). The van der Waals surface area contributed by atoms with Crippen LogP contribution in [0.1, 0.15) is 41.6 Å². The van der Waals surface area contributed by atoms with Gasteiger partial charge in [-0.15, -0.1) is 0 Å². The van der Waals surface area contributed by atoms with E-state index in [4.69, 9.17) is 4.74 Å². The Bertz CT molecular complexity index is 564. The second-order valence-corrected chi connectivity index (χ2v) is 6.82. The molecule has 1 aromatic rings. The number of para-hydroxylation sites is 1.